The first-order valence-electron chi connectivity index (χ1n) is 13.4. The maximum Gasteiger partial charge on any atom is 0.295 e. The zero-order valence-electron chi connectivity index (χ0n) is 23.4. The Labute approximate surface area is 256 Å². The van der Waals surface area contributed by atoms with Gasteiger partial charge in [-0.2, -0.15) is 8.42 Å². The van der Waals surface area contributed by atoms with Crippen LogP contribution in [0.15, 0.2) is 70.0 Å². The minimum atomic E-state index is -4.59. The Kier molecular flexibility index (Phi) is 10.4. The summed E-state index contributed by atoms with van der Waals surface area (Å²) >= 11 is 5.60. The van der Waals surface area contributed by atoms with Gasteiger partial charge in [0.25, 0.3) is 10.1 Å². The molecule has 0 atom stereocenters. The molecule has 4 rings (SSSR count). The Morgan fingerprint density at radius 1 is 0.837 bits per heavy atom. The Bertz CT molecular complexity index is 2000. The molecule has 2 aliphatic rings. The molecule has 0 radical (unpaired) electrons. The average Bonchev–Trinajstić information content (AvgIpc) is 2.93. The molecule has 232 valence electrons. The Hall–Kier alpha value is -2.81. The number of nitrogens with zero attached hydrogens (tertiary/aromatic N) is 1. The van der Waals surface area contributed by atoms with Crippen molar-refractivity contribution in [2.45, 2.75) is 17.7 Å². The summed E-state index contributed by atoms with van der Waals surface area (Å²) in [5, 5.41) is 10.2. The first kappa shape index (κ1) is 33.1. The summed E-state index contributed by atoms with van der Waals surface area (Å²) in [6, 6.07) is 16.7. The quantitative estimate of drug-likeness (QED) is 0.0944. The number of aliphatic hydroxyl groups is 1. The molecule has 0 saturated carbocycles. The van der Waals surface area contributed by atoms with Crippen molar-refractivity contribution >= 4 is 52.4 Å². The third-order valence-electron chi connectivity index (χ3n) is 7.09. The summed E-state index contributed by atoms with van der Waals surface area (Å²) in [4.78, 5) is -0.271. The number of halogens is 1. The molecule has 1 aliphatic heterocycles. The van der Waals surface area contributed by atoms with E-state index in [-0.39, 0.29) is 45.9 Å². The van der Waals surface area contributed by atoms with Crippen molar-refractivity contribution in [3.63, 3.8) is 0 Å². The van der Waals surface area contributed by atoms with Crippen LogP contribution in [0.1, 0.15) is 12.0 Å². The molecule has 10 nitrogen and oxygen atoms in total. The van der Waals surface area contributed by atoms with E-state index in [1.165, 1.54) is 12.1 Å². The number of aryl methyl sites for hydroxylation is 1. The van der Waals surface area contributed by atoms with E-state index < -0.39 is 36.4 Å². The van der Waals surface area contributed by atoms with Gasteiger partial charge >= 0.3 is 0 Å². The lowest BCUT2D eigenvalue weighted by Crippen LogP contribution is -2.31. The van der Waals surface area contributed by atoms with Gasteiger partial charge in [-0.25, -0.2) is 21.4 Å². The lowest BCUT2D eigenvalue weighted by Gasteiger charge is -2.17. The monoisotopic (exact) mass is 670 g/mol. The van der Waals surface area contributed by atoms with Gasteiger partial charge in [0.05, 0.1) is 29.9 Å². The van der Waals surface area contributed by atoms with Crippen molar-refractivity contribution < 1.29 is 39.3 Å². The topological polar surface area (TPSA) is 159 Å². The summed E-state index contributed by atoms with van der Waals surface area (Å²) in [5.74, 6) is -0.159. The summed E-state index contributed by atoms with van der Waals surface area (Å²) in [6.07, 6.45) is 0.831. The van der Waals surface area contributed by atoms with Crippen molar-refractivity contribution in [3.8, 4) is 22.5 Å². The lowest BCUT2D eigenvalue weighted by atomic mass is 9.93. The number of fused-ring (bicyclic) bond motifs is 2. The van der Waals surface area contributed by atoms with Gasteiger partial charge in [-0.05, 0) is 36.6 Å². The molecular weight excluding hydrogens is 638 g/mol. The van der Waals surface area contributed by atoms with Crippen LogP contribution in [-0.4, -0.2) is 84.0 Å². The third-order valence-corrected chi connectivity index (χ3v) is 11.8. The van der Waals surface area contributed by atoms with Crippen molar-refractivity contribution in [2.24, 2.45) is 0 Å². The van der Waals surface area contributed by atoms with Crippen LogP contribution in [0.4, 0.5) is 0 Å². The molecule has 14 heteroatoms. The van der Waals surface area contributed by atoms with Gasteiger partial charge < -0.3 is 9.52 Å². The Morgan fingerprint density at radius 3 is 2.26 bits per heavy atom. The minimum absolute atomic E-state index is 0.0106. The average molecular weight is 671 g/mol. The highest BCUT2D eigenvalue weighted by Gasteiger charge is 2.24. The fraction of sp³-hybridized carbons (Fsp3) is 0.345. The summed E-state index contributed by atoms with van der Waals surface area (Å²) in [5.41, 5.74) is 2.58. The number of hydrogen-bond acceptors (Lipinski definition) is 8. The fourth-order valence-corrected chi connectivity index (χ4v) is 8.33. The van der Waals surface area contributed by atoms with Crippen molar-refractivity contribution in [1.29, 1.82) is 0 Å². The number of alkyl halides is 1. The van der Waals surface area contributed by atoms with Crippen molar-refractivity contribution in [1.82, 2.24) is 4.58 Å². The second-order valence-corrected chi connectivity index (χ2v) is 16.6. The molecule has 0 bridgehead atoms. The summed E-state index contributed by atoms with van der Waals surface area (Å²) < 4.78 is 91.2. The maximum absolute atomic E-state index is 12.3. The summed E-state index contributed by atoms with van der Waals surface area (Å²) in [6.45, 7) is -0.288. The number of sulfone groups is 2. The smallest absolute Gasteiger partial charge is 0.295 e. The zero-order valence-corrected chi connectivity index (χ0v) is 26.6. The molecule has 0 fully saturated rings. The molecule has 0 aromatic heterocycles. The molecule has 0 saturated heterocycles. The number of aliphatic hydroxyl groups excluding tert-OH is 1. The van der Waals surface area contributed by atoms with Gasteiger partial charge in [-0.3, -0.25) is 4.55 Å². The molecule has 43 heavy (non-hydrogen) atoms. The fourth-order valence-electron chi connectivity index (χ4n) is 4.87. The van der Waals surface area contributed by atoms with Crippen LogP contribution in [0.3, 0.4) is 0 Å². The third kappa shape index (κ3) is 8.22. The SMILES string of the molecule is C[N+](CCS(=O)(=O)CCO)=c1ccc2c(-c3ccccc3S(=O)(=O)O)c3ccc(CCCS(=O)(=O)CCCl)cc3oc-2c1. The molecule has 1 heterocycles. The Morgan fingerprint density at radius 2 is 1.56 bits per heavy atom. The van der Waals surface area contributed by atoms with E-state index >= 15 is 0 Å². The predicted octanol–water partition coefficient (Wildman–Crippen LogP) is 2.85. The second kappa shape index (κ2) is 13.4. The summed E-state index contributed by atoms with van der Waals surface area (Å²) in [7, 11) is -9.55. The number of hydrogen-bond donors (Lipinski definition) is 2. The van der Waals surface area contributed by atoms with Crippen LogP contribution in [0.5, 0.6) is 0 Å². The molecule has 0 spiro atoms. The highest BCUT2D eigenvalue weighted by molar-refractivity contribution is 7.91. The molecule has 2 aromatic carbocycles. The molecule has 2 aromatic rings. The standard InChI is InChI=1S/C29H32ClNO9S3/c1-31(13-17-42(35,36)18-14-32)22-9-11-24-27(20-22)40-26-19-21(5-4-15-41(33,34)16-12-30)8-10-23(26)29(24)25-6-2-3-7-28(25)43(37,38)39/h2-3,6-11,19-20,32H,4-5,12-18H2,1H3/p+1. The van der Waals surface area contributed by atoms with E-state index in [1.807, 2.05) is 6.07 Å². The number of benzene rings is 3. The van der Waals surface area contributed by atoms with E-state index in [4.69, 9.17) is 21.1 Å². The molecular formula is C29H33ClNO9S3+. The molecule has 0 amide bonds. The molecule has 0 unspecified atom stereocenters. The lowest BCUT2D eigenvalue weighted by molar-refractivity contribution is 0.319. The van der Waals surface area contributed by atoms with Crippen LogP contribution in [0.2, 0.25) is 0 Å². The van der Waals surface area contributed by atoms with E-state index in [9.17, 15) is 29.8 Å². The van der Waals surface area contributed by atoms with Gasteiger partial charge in [0.2, 0.25) is 5.36 Å². The van der Waals surface area contributed by atoms with Crippen molar-refractivity contribution in [2.75, 3.05) is 49.1 Å². The van der Waals surface area contributed by atoms with Gasteiger partial charge in [0.15, 0.2) is 26.2 Å². The van der Waals surface area contributed by atoms with Gasteiger partial charge in [-0.15, -0.1) is 11.6 Å². The van der Waals surface area contributed by atoms with Gasteiger partial charge in [-0.1, -0.05) is 30.3 Å². The van der Waals surface area contributed by atoms with Crippen LogP contribution in [-0.2, 0) is 36.2 Å². The second-order valence-electron chi connectivity index (χ2n) is 10.2. The van der Waals surface area contributed by atoms with E-state index in [1.54, 1.807) is 54.1 Å². The largest absolute Gasteiger partial charge is 0.456 e. The Balaban J connectivity index is 1.88. The van der Waals surface area contributed by atoms with Crippen LogP contribution < -0.4 is 9.93 Å². The zero-order chi connectivity index (χ0) is 31.4. The van der Waals surface area contributed by atoms with Crippen molar-refractivity contribution in [3.05, 3.63) is 71.6 Å². The predicted molar refractivity (Wildman–Crippen MR) is 168 cm³/mol. The van der Waals surface area contributed by atoms with E-state index in [2.05, 4.69) is 0 Å². The minimum Gasteiger partial charge on any atom is -0.456 e. The van der Waals surface area contributed by atoms with E-state index in [0.717, 1.165) is 5.56 Å². The highest BCUT2D eigenvalue weighted by Crippen LogP contribution is 2.42. The van der Waals surface area contributed by atoms with E-state index in [0.29, 0.717) is 46.1 Å². The van der Waals surface area contributed by atoms with Gasteiger partial charge in [0, 0.05) is 34.0 Å². The number of rotatable bonds is 13. The van der Waals surface area contributed by atoms with Crippen LogP contribution in [0, 0.1) is 0 Å². The first-order chi connectivity index (χ1) is 20.2. The van der Waals surface area contributed by atoms with Gasteiger partial charge in [0.1, 0.15) is 29.0 Å². The maximum atomic E-state index is 12.3. The first-order valence-corrected chi connectivity index (χ1v) is 19.0. The molecule has 2 N–H and O–H groups in total. The van der Waals surface area contributed by atoms with Crippen LogP contribution >= 0.6 is 11.6 Å². The molecule has 1 aliphatic carbocycles. The highest BCUT2D eigenvalue weighted by atomic mass is 35.5. The van der Waals surface area contributed by atoms with Crippen LogP contribution in [0.25, 0.3) is 33.4 Å². The normalized spacial score (nSPS) is 13.5.